The Kier molecular flexibility index (Phi) is 10.9. The Hall–Kier alpha value is -0.452. The second-order valence-electron chi connectivity index (χ2n) is 3.53. The van der Waals surface area contributed by atoms with E-state index in [2.05, 4.69) is 0 Å². The second-order valence-corrected chi connectivity index (χ2v) is 3.53. The molecule has 1 saturated carbocycles. The largest absolute Gasteiger partial charge is 2.00 e. The van der Waals surface area contributed by atoms with Gasteiger partial charge in [0.25, 0.3) is 0 Å². The average Bonchev–Trinajstić information content (AvgIpc) is 2.08. The Balaban J connectivity index is 0. The topological polar surface area (TPSA) is 132 Å². The summed E-state index contributed by atoms with van der Waals surface area (Å²) in [6, 6.07) is 0.562. The van der Waals surface area contributed by atoms with Crippen molar-refractivity contribution in [1.82, 2.24) is 0 Å². The van der Waals surface area contributed by atoms with Gasteiger partial charge in [-0.2, -0.15) is 0 Å². The minimum atomic E-state index is -1.63. The molecular weight excluding hydrogens is 395 g/mol. The third-order valence-corrected chi connectivity index (χ3v) is 2.16. The van der Waals surface area contributed by atoms with Crippen LogP contribution in [0.4, 0.5) is 0 Å². The summed E-state index contributed by atoms with van der Waals surface area (Å²) in [5.74, 6) is -3.25. The van der Waals surface area contributed by atoms with E-state index in [4.69, 9.17) is 11.5 Å². The number of rotatable bonds is 2. The van der Waals surface area contributed by atoms with Gasteiger partial charge in [0.15, 0.2) is 0 Å². The molecule has 1 aliphatic rings. The zero-order valence-electron chi connectivity index (χ0n) is 8.79. The fourth-order valence-corrected chi connectivity index (χ4v) is 1.31. The van der Waals surface area contributed by atoms with Crippen molar-refractivity contribution in [1.29, 1.82) is 0 Å². The molecule has 0 heterocycles. The maximum Gasteiger partial charge on any atom is 2.00 e. The normalized spacial score (nSPS) is 23.4. The van der Waals surface area contributed by atoms with Crippen LogP contribution in [0.2, 0.25) is 0 Å². The minimum Gasteiger partial charge on any atom is -0.550 e. The molecule has 0 radical (unpaired) electrons. The monoisotopic (exact) mass is 411 g/mol. The van der Waals surface area contributed by atoms with E-state index < -0.39 is 18.4 Å². The molecule has 1 rings (SSSR count). The molecule has 2 atom stereocenters. The van der Waals surface area contributed by atoms with Crippen molar-refractivity contribution in [2.75, 3.05) is 0 Å². The summed E-state index contributed by atoms with van der Waals surface area (Å²) in [4.78, 5) is 18.6. The zero-order valence-corrected chi connectivity index (χ0v) is 11.1. The third kappa shape index (κ3) is 10.1. The molecular formula is C9H16N2O4Pt. The molecule has 0 aromatic rings. The van der Waals surface area contributed by atoms with E-state index in [0.717, 1.165) is 12.8 Å². The fraction of sp³-hybridized carbons (Fsp3) is 0.778. The maximum atomic E-state index is 9.28. The first-order chi connectivity index (χ1) is 6.93. The van der Waals surface area contributed by atoms with E-state index in [0.29, 0.717) is 0 Å². The van der Waals surface area contributed by atoms with Crippen LogP contribution >= 0.6 is 0 Å². The van der Waals surface area contributed by atoms with Gasteiger partial charge in [0, 0.05) is 30.4 Å². The molecule has 0 aromatic carbocycles. The van der Waals surface area contributed by atoms with Crippen LogP contribution in [0.15, 0.2) is 0 Å². The standard InChI is InChI=1S/C6H14N2.C3H4O4.Pt/c7-5-3-1-2-4-6(5)8;4-2(5)1-3(6)7;/h5-6H,1-4,7-8H2;1H2,(H,4,5)(H,6,7);/q;;+2/p-2. The Morgan fingerprint density at radius 1 is 1.00 bits per heavy atom. The first kappa shape index (κ1) is 17.9. The molecule has 6 nitrogen and oxygen atoms in total. The molecule has 0 amide bonds. The molecule has 96 valence electrons. The predicted octanol–water partition coefficient (Wildman–Crippen LogP) is -2.91. The van der Waals surface area contributed by atoms with Crippen LogP contribution in [-0.2, 0) is 30.7 Å². The molecule has 0 aliphatic heterocycles. The molecule has 1 aliphatic carbocycles. The van der Waals surface area contributed by atoms with E-state index in [-0.39, 0.29) is 33.1 Å². The molecule has 0 spiro atoms. The minimum absolute atomic E-state index is 0. The predicted molar refractivity (Wildman–Crippen MR) is 49.0 cm³/mol. The summed E-state index contributed by atoms with van der Waals surface area (Å²) < 4.78 is 0. The van der Waals surface area contributed by atoms with Crippen LogP contribution in [0.1, 0.15) is 32.1 Å². The van der Waals surface area contributed by atoms with Crippen LogP contribution in [-0.4, -0.2) is 24.0 Å². The smallest absolute Gasteiger partial charge is 0.550 e. The number of hydrogen-bond donors (Lipinski definition) is 2. The Morgan fingerprint density at radius 2 is 1.31 bits per heavy atom. The van der Waals surface area contributed by atoms with Crippen LogP contribution in [0, 0.1) is 0 Å². The van der Waals surface area contributed by atoms with E-state index in [9.17, 15) is 19.8 Å². The Labute approximate surface area is 109 Å². The van der Waals surface area contributed by atoms with Gasteiger partial charge >= 0.3 is 21.1 Å². The molecule has 1 fully saturated rings. The van der Waals surface area contributed by atoms with E-state index in [1.54, 1.807) is 0 Å². The van der Waals surface area contributed by atoms with Gasteiger partial charge in [-0.15, -0.1) is 0 Å². The zero-order chi connectivity index (χ0) is 11.8. The molecule has 4 N–H and O–H groups in total. The van der Waals surface area contributed by atoms with Crippen molar-refractivity contribution in [3.05, 3.63) is 0 Å². The van der Waals surface area contributed by atoms with E-state index >= 15 is 0 Å². The van der Waals surface area contributed by atoms with Gasteiger partial charge in [-0.3, -0.25) is 0 Å². The SMILES string of the molecule is NC1CCCCC1N.O=C([O-])CC(=O)[O-].[Pt+2]. The number of carbonyl (C=O) groups excluding carboxylic acids is 2. The van der Waals surface area contributed by atoms with Crippen LogP contribution < -0.4 is 21.7 Å². The quantitative estimate of drug-likeness (QED) is 0.468. The fourth-order valence-electron chi connectivity index (χ4n) is 1.31. The summed E-state index contributed by atoms with van der Waals surface area (Å²) in [5.41, 5.74) is 11.3. The Morgan fingerprint density at radius 3 is 1.44 bits per heavy atom. The van der Waals surface area contributed by atoms with Gasteiger partial charge in [-0.25, -0.2) is 0 Å². The summed E-state index contributed by atoms with van der Waals surface area (Å²) in [6.45, 7) is 0. The number of nitrogens with two attached hydrogens (primary N) is 2. The van der Waals surface area contributed by atoms with Crippen LogP contribution in [0.25, 0.3) is 0 Å². The van der Waals surface area contributed by atoms with Gasteiger partial charge in [-0.05, 0) is 12.8 Å². The number of aliphatic carboxylic acids is 2. The summed E-state index contributed by atoms with van der Waals surface area (Å²) in [7, 11) is 0. The summed E-state index contributed by atoms with van der Waals surface area (Å²) in [5, 5.41) is 18.6. The van der Waals surface area contributed by atoms with Gasteiger partial charge in [0.1, 0.15) is 0 Å². The van der Waals surface area contributed by atoms with Crippen molar-refractivity contribution < 1.29 is 40.9 Å². The van der Waals surface area contributed by atoms with Crippen molar-refractivity contribution in [3.63, 3.8) is 0 Å². The Bertz CT molecular complexity index is 204. The molecule has 0 saturated heterocycles. The number of carboxylic acids is 2. The summed E-state index contributed by atoms with van der Waals surface area (Å²) >= 11 is 0. The van der Waals surface area contributed by atoms with Crippen LogP contribution in [0.3, 0.4) is 0 Å². The first-order valence-electron chi connectivity index (χ1n) is 4.84. The van der Waals surface area contributed by atoms with Gasteiger partial charge in [-0.1, -0.05) is 12.8 Å². The van der Waals surface area contributed by atoms with Crippen molar-refractivity contribution in [3.8, 4) is 0 Å². The van der Waals surface area contributed by atoms with Gasteiger partial charge in [0.05, 0.1) is 0 Å². The average molecular weight is 411 g/mol. The van der Waals surface area contributed by atoms with Crippen molar-refractivity contribution in [2.45, 2.75) is 44.2 Å². The van der Waals surface area contributed by atoms with Gasteiger partial charge < -0.3 is 31.3 Å². The number of hydrogen-bond acceptors (Lipinski definition) is 6. The maximum absolute atomic E-state index is 9.28. The number of carboxylic acid groups (broad SMARTS) is 2. The van der Waals surface area contributed by atoms with E-state index in [1.807, 2.05) is 0 Å². The van der Waals surface area contributed by atoms with Gasteiger partial charge in [0.2, 0.25) is 0 Å². The second kappa shape index (κ2) is 9.75. The molecule has 2 unspecified atom stereocenters. The molecule has 7 heteroatoms. The van der Waals surface area contributed by atoms with Crippen molar-refractivity contribution >= 4 is 11.9 Å². The molecule has 16 heavy (non-hydrogen) atoms. The van der Waals surface area contributed by atoms with Crippen molar-refractivity contribution in [2.24, 2.45) is 11.5 Å². The molecule has 0 aromatic heterocycles. The number of carbonyl (C=O) groups is 2. The third-order valence-electron chi connectivity index (χ3n) is 2.16. The molecule has 0 bridgehead atoms. The summed E-state index contributed by atoms with van der Waals surface area (Å²) in [6.07, 6.45) is 3.77. The first-order valence-corrected chi connectivity index (χ1v) is 4.84. The van der Waals surface area contributed by atoms with Crippen LogP contribution in [0.5, 0.6) is 0 Å². The van der Waals surface area contributed by atoms with E-state index in [1.165, 1.54) is 12.8 Å².